The Morgan fingerprint density at radius 1 is 1.44 bits per heavy atom. The van der Waals surface area contributed by atoms with Crippen LogP contribution in [0.1, 0.15) is 12.6 Å². The van der Waals surface area contributed by atoms with E-state index in [1.807, 2.05) is 0 Å². The van der Waals surface area contributed by atoms with Gasteiger partial charge in [-0.1, -0.05) is 0 Å². The Morgan fingerprint density at radius 2 is 2.28 bits per heavy atom. The number of hydrogen-bond acceptors (Lipinski definition) is 6. The average molecular weight is 362 g/mol. The Kier molecular flexibility index (Phi) is 3.18. The lowest BCUT2D eigenvalue weighted by atomic mass is 10.2. The second-order valence-electron chi connectivity index (χ2n) is 4.10. The summed E-state index contributed by atoms with van der Waals surface area (Å²) in [5.41, 5.74) is 1.38. The second kappa shape index (κ2) is 4.68. The van der Waals surface area contributed by atoms with Crippen molar-refractivity contribution in [3.05, 3.63) is 16.4 Å². The van der Waals surface area contributed by atoms with Crippen LogP contribution in [0.2, 0.25) is 0 Å². The maximum Gasteiger partial charge on any atom is 0.166 e. The zero-order chi connectivity index (χ0) is 12.7. The molecule has 0 unspecified atom stereocenters. The number of halogens is 1. The molecule has 0 bridgehead atoms. The van der Waals surface area contributed by atoms with E-state index in [1.54, 1.807) is 10.9 Å². The van der Waals surface area contributed by atoms with Crippen molar-refractivity contribution in [1.29, 1.82) is 0 Å². The fourth-order valence-corrected chi connectivity index (χ4v) is 2.59. The van der Waals surface area contributed by atoms with E-state index in [2.05, 4.69) is 37.5 Å². The summed E-state index contributed by atoms with van der Waals surface area (Å²) in [6.45, 7) is -0.198. The molecule has 0 saturated carbocycles. The summed E-state index contributed by atoms with van der Waals surface area (Å²) in [4.78, 5) is 12.5. The first kappa shape index (κ1) is 12.2. The van der Waals surface area contributed by atoms with Crippen LogP contribution in [0, 0.1) is 3.70 Å². The van der Waals surface area contributed by atoms with Gasteiger partial charge in [-0.15, -0.1) is 0 Å². The summed E-state index contributed by atoms with van der Waals surface area (Å²) in [6, 6.07) is 0. The zero-order valence-electron chi connectivity index (χ0n) is 9.27. The standard InChI is InChI=1S/C10H11IN4O3/c11-9-8-10(13-3-12-9)15(4-14-8)7-1-5(17)6(2-16)18-7/h3-7,16-17H,1-2H2/t5-,6+,7+/m0/s1. The van der Waals surface area contributed by atoms with E-state index in [0.29, 0.717) is 17.6 Å². The lowest BCUT2D eigenvalue weighted by Gasteiger charge is -2.13. The van der Waals surface area contributed by atoms with Crippen LogP contribution in [0.25, 0.3) is 11.2 Å². The van der Waals surface area contributed by atoms with E-state index in [9.17, 15) is 5.11 Å². The molecule has 2 aromatic rings. The highest BCUT2D eigenvalue weighted by Gasteiger charge is 2.35. The molecule has 0 aromatic carbocycles. The summed E-state index contributed by atoms with van der Waals surface area (Å²) >= 11 is 2.09. The summed E-state index contributed by atoms with van der Waals surface area (Å²) in [5, 5.41) is 18.8. The number of ether oxygens (including phenoxy) is 1. The van der Waals surface area contributed by atoms with Crippen molar-refractivity contribution in [2.45, 2.75) is 24.9 Å². The molecule has 1 saturated heterocycles. The number of imidazole rings is 1. The van der Waals surface area contributed by atoms with Gasteiger partial charge in [-0.25, -0.2) is 15.0 Å². The van der Waals surface area contributed by atoms with Crippen molar-refractivity contribution >= 4 is 33.8 Å². The Morgan fingerprint density at radius 3 is 3.00 bits per heavy atom. The van der Waals surface area contributed by atoms with Crippen LogP contribution in [0.4, 0.5) is 0 Å². The Bertz CT molecular complexity index is 575. The van der Waals surface area contributed by atoms with Gasteiger partial charge in [0.25, 0.3) is 0 Å². The first-order valence-corrected chi connectivity index (χ1v) is 6.56. The Balaban J connectivity index is 1.99. The number of aliphatic hydroxyl groups is 2. The first-order chi connectivity index (χ1) is 8.70. The highest BCUT2D eigenvalue weighted by Crippen LogP contribution is 2.30. The van der Waals surface area contributed by atoms with Gasteiger partial charge < -0.3 is 14.9 Å². The van der Waals surface area contributed by atoms with Gasteiger partial charge in [0.05, 0.1) is 19.0 Å². The van der Waals surface area contributed by atoms with Crippen LogP contribution in [0.15, 0.2) is 12.7 Å². The molecule has 0 radical (unpaired) electrons. The third-order valence-corrected chi connectivity index (χ3v) is 3.80. The molecule has 18 heavy (non-hydrogen) atoms. The Labute approximate surface area is 116 Å². The van der Waals surface area contributed by atoms with Crippen LogP contribution >= 0.6 is 22.6 Å². The number of aromatic nitrogens is 4. The fourth-order valence-electron chi connectivity index (χ4n) is 2.08. The van der Waals surface area contributed by atoms with Crippen molar-refractivity contribution in [3.63, 3.8) is 0 Å². The number of nitrogens with zero attached hydrogens (tertiary/aromatic N) is 4. The molecule has 3 rings (SSSR count). The largest absolute Gasteiger partial charge is 0.394 e. The lowest BCUT2D eigenvalue weighted by Crippen LogP contribution is -2.24. The number of hydrogen-bond donors (Lipinski definition) is 2. The minimum Gasteiger partial charge on any atom is -0.394 e. The minimum atomic E-state index is -0.668. The van der Waals surface area contributed by atoms with E-state index in [1.165, 1.54) is 6.33 Å². The third kappa shape index (κ3) is 1.88. The maximum atomic E-state index is 9.73. The van der Waals surface area contributed by atoms with Crippen molar-refractivity contribution < 1.29 is 14.9 Å². The van der Waals surface area contributed by atoms with Gasteiger partial charge in [0, 0.05) is 6.42 Å². The summed E-state index contributed by atoms with van der Waals surface area (Å²) < 4.78 is 8.11. The maximum absolute atomic E-state index is 9.73. The van der Waals surface area contributed by atoms with E-state index in [-0.39, 0.29) is 12.8 Å². The van der Waals surface area contributed by atoms with Crippen LogP contribution in [-0.2, 0) is 4.74 Å². The smallest absolute Gasteiger partial charge is 0.166 e. The van der Waals surface area contributed by atoms with Gasteiger partial charge in [0.1, 0.15) is 27.9 Å². The molecular formula is C10H11IN4O3. The number of rotatable bonds is 2. The average Bonchev–Trinajstić information content (AvgIpc) is 2.93. The van der Waals surface area contributed by atoms with E-state index in [0.717, 1.165) is 3.70 Å². The predicted octanol–water partition coefficient (Wildman–Crippen LogP) is 0.0716. The molecule has 1 fully saturated rings. The van der Waals surface area contributed by atoms with Gasteiger partial charge in [-0.05, 0) is 22.6 Å². The van der Waals surface area contributed by atoms with E-state index in [4.69, 9.17) is 9.84 Å². The number of aliphatic hydroxyl groups excluding tert-OH is 2. The van der Waals surface area contributed by atoms with Gasteiger partial charge in [0.2, 0.25) is 0 Å². The summed E-state index contributed by atoms with van der Waals surface area (Å²) in [7, 11) is 0. The van der Waals surface area contributed by atoms with Crippen molar-refractivity contribution in [1.82, 2.24) is 19.5 Å². The van der Waals surface area contributed by atoms with Gasteiger partial charge in [0.15, 0.2) is 5.65 Å². The topological polar surface area (TPSA) is 93.3 Å². The second-order valence-corrected chi connectivity index (χ2v) is 5.13. The van der Waals surface area contributed by atoms with Crippen LogP contribution in [0.5, 0.6) is 0 Å². The molecule has 2 N–H and O–H groups in total. The molecule has 1 aliphatic heterocycles. The summed E-state index contributed by atoms with van der Waals surface area (Å²) in [6.07, 6.45) is 1.94. The van der Waals surface area contributed by atoms with Gasteiger partial charge in [-0.3, -0.25) is 4.57 Å². The molecule has 8 heteroatoms. The van der Waals surface area contributed by atoms with Crippen LogP contribution < -0.4 is 0 Å². The molecular weight excluding hydrogens is 351 g/mol. The van der Waals surface area contributed by atoms with Crippen molar-refractivity contribution in [2.75, 3.05) is 6.61 Å². The molecule has 2 aromatic heterocycles. The first-order valence-electron chi connectivity index (χ1n) is 5.48. The Hall–Kier alpha value is -0.840. The molecule has 0 spiro atoms. The normalized spacial score (nSPS) is 28.1. The van der Waals surface area contributed by atoms with Crippen LogP contribution in [0.3, 0.4) is 0 Å². The highest BCUT2D eigenvalue weighted by molar-refractivity contribution is 14.1. The molecule has 3 atom stereocenters. The molecule has 0 aliphatic carbocycles. The molecule has 1 aliphatic rings. The highest BCUT2D eigenvalue weighted by atomic mass is 127. The lowest BCUT2D eigenvalue weighted by molar-refractivity contribution is -0.0432. The SMILES string of the molecule is OC[C@H]1O[C@@H](n2cnc3c(I)ncnc32)C[C@@H]1O. The van der Waals surface area contributed by atoms with Gasteiger partial charge in [-0.2, -0.15) is 0 Å². The van der Waals surface area contributed by atoms with Gasteiger partial charge >= 0.3 is 0 Å². The monoisotopic (exact) mass is 362 g/mol. The minimum absolute atomic E-state index is 0.198. The third-order valence-electron chi connectivity index (χ3n) is 3.01. The van der Waals surface area contributed by atoms with E-state index >= 15 is 0 Å². The molecule has 0 amide bonds. The fraction of sp³-hybridized carbons (Fsp3) is 0.500. The number of fused-ring (bicyclic) bond motifs is 1. The van der Waals surface area contributed by atoms with E-state index < -0.39 is 12.2 Å². The van der Waals surface area contributed by atoms with Crippen molar-refractivity contribution in [3.8, 4) is 0 Å². The molecule has 96 valence electrons. The van der Waals surface area contributed by atoms with Crippen LogP contribution in [-0.4, -0.2) is 48.5 Å². The zero-order valence-corrected chi connectivity index (χ0v) is 11.4. The summed E-state index contributed by atoms with van der Waals surface area (Å²) in [5.74, 6) is 0. The predicted molar refractivity (Wildman–Crippen MR) is 69.7 cm³/mol. The van der Waals surface area contributed by atoms with Crippen molar-refractivity contribution in [2.24, 2.45) is 0 Å². The molecule has 3 heterocycles. The molecule has 7 nitrogen and oxygen atoms in total. The quantitative estimate of drug-likeness (QED) is 0.580.